The Morgan fingerprint density at radius 2 is 2.11 bits per heavy atom. The lowest BCUT2D eigenvalue weighted by atomic mass is 9.94. The molecule has 0 aromatic carbocycles. The number of aliphatic hydroxyl groups is 1. The topological polar surface area (TPSA) is 62.5 Å². The van der Waals surface area contributed by atoms with E-state index >= 15 is 0 Å². The first-order chi connectivity index (χ1) is 9.18. The maximum absolute atomic E-state index is 11.7. The van der Waals surface area contributed by atoms with Crippen LogP contribution in [-0.4, -0.2) is 23.2 Å². The minimum atomic E-state index is -0.731. The van der Waals surface area contributed by atoms with Crippen LogP contribution in [0.1, 0.15) is 44.3 Å². The van der Waals surface area contributed by atoms with Crippen LogP contribution in [0.25, 0.3) is 6.08 Å². The standard InChI is InChI=1S/C15H21NO3/c17-14(8-7-13-6-5-11-19-13)16-12-15(18)9-3-1-2-4-10-15/h5-8,11,18H,1-4,9-10,12H2,(H,16,17). The summed E-state index contributed by atoms with van der Waals surface area (Å²) in [6.45, 7) is 0.328. The van der Waals surface area contributed by atoms with Crippen LogP contribution in [0, 0.1) is 0 Å². The van der Waals surface area contributed by atoms with Crippen molar-refractivity contribution < 1.29 is 14.3 Å². The van der Waals surface area contributed by atoms with E-state index in [2.05, 4.69) is 5.32 Å². The fourth-order valence-electron chi connectivity index (χ4n) is 2.42. The van der Waals surface area contributed by atoms with E-state index in [9.17, 15) is 9.90 Å². The van der Waals surface area contributed by atoms with Crippen molar-refractivity contribution >= 4 is 12.0 Å². The number of carbonyl (C=O) groups is 1. The van der Waals surface area contributed by atoms with E-state index in [1.807, 2.05) is 0 Å². The molecule has 0 aliphatic heterocycles. The molecule has 2 N–H and O–H groups in total. The molecule has 4 nitrogen and oxygen atoms in total. The van der Waals surface area contributed by atoms with Crippen LogP contribution in [0.2, 0.25) is 0 Å². The number of carbonyl (C=O) groups excluding carboxylic acids is 1. The van der Waals surface area contributed by atoms with Crippen molar-refractivity contribution in [1.82, 2.24) is 5.32 Å². The van der Waals surface area contributed by atoms with Crippen molar-refractivity contribution in [2.24, 2.45) is 0 Å². The van der Waals surface area contributed by atoms with Crippen LogP contribution in [0.4, 0.5) is 0 Å². The summed E-state index contributed by atoms with van der Waals surface area (Å²) < 4.78 is 5.10. The SMILES string of the molecule is O=C(C=Cc1ccco1)NCC1(O)CCCCCC1. The molecule has 19 heavy (non-hydrogen) atoms. The van der Waals surface area contributed by atoms with Gasteiger partial charge in [0.05, 0.1) is 11.9 Å². The van der Waals surface area contributed by atoms with Gasteiger partial charge >= 0.3 is 0 Å². The summed E-state index contributed by atoms with van der Waals surface area (Å²) in [5, 5.41) is 13.2. The van der Waals surface area contributed by atoms with Crippen LogP contribution >= 0.6 is 0 Å². The molecule has 1 aliphatic rings. The zero-order valence-corrected chi connectivity index (χ0v) is 11.1. The van der Waals surface area contributed by atoms with E-state index in [1.165, 1.54) is 18.9 Å². The van der Waals surface area contributed by atoms with Crippen molar-refractivity contribution in [3.63, 3.8) is 0 Å². The molecule has 0 bridgehead atoms. The van der Waals surface area contributed by atoms with E-state index in [0.717, 1.165) is 25.7 Å². The van der Waals surface area contributed by atoms with Crippen LogP contribution in [0.3, 0.4) is 0 Å². The molecule has 4 heteroatoms. The highest BCUT2D eigenvalue weighted by Gasteiger charge is 2.27. The van der Waals surface area contributed by atoms with Crippen LogP contribution < -0.4 is 5.32 Å². The molecule has 1 saturated carbocycles. The van der Waals surface area contributed by atoms with Gasteiger partial charge < -0.3 is 14.8 Å². The summed E-state index contributed by atoms with van der Waals surface area (Å²) in [5.74, 6) is 0.442. The smallest absolute Gasteiger partial charge is 0.244 e. The maximum Gasteiger partial charge on any atom is 0.244 e. The average molecular weight is 263 g/mol. The molecule has 0 saturated heterocycles. The Labute approximate surface area is 113 Å². The molecule has 2 rings (SSSR count). The summed E-state index contributed by atoms with van der Waals surface area (Å²) in [6.07, 6.45) is 10.6. The second-order valence-electron chi connectivity index (χ2n) is 5.21. The number of hydrogen-bond donors (Lipinski definition) is 2. The summed E-state index contributed by atoms with van der Waals surface area (Å²) in [5.41, 5.74) is -0.731. The van der Waals surface area contributed by atoms with E-state index in [4.69, 9.17) is 4.42 Å². The monoisotopic (exact) mass is 263 g/mol. The lowest BCUT2D eigenvalue weighted by molar-refractivity contribution is -0.117. The zero-order valence-electron chi connectivity index (χ0n) is 11.1. The third kappa shape index (κ3) is 4.56. The van der Waals surface area contributed by atoms with Gasteiger partial charge in [0.15, 0.2) is 0 Å². The molecule has 1 aromatic heterocycles. The van der Waals surface area contributed by atoms with Crippen LogP contribution in [-0.2, 0) is 4.79 Å². The highest BCUT2D eigenvalue weighted by Crippen LogP contribution is 2.26. The van der Waals surface area contributed by atoms with Gasteiger partial charge in [-0.05, 0) is 31.1 Å². The van der Waals surface area contributed by atoms with Gasteiger partial charge in [-0.25, -0.2) is 0 Å². The normalized spacial score (nSPS) is 19.2. The first-order valence-electron chi connectivity index (χ1n) is 6.90. The summed E-state index contributed by atoms with van der Waals surface area (Å²) in [4.78, 5) is 11.7. The number of rotatable bonds is 4. The quantitative estimate of drug-likeness (QED) is 0.648. The largest absolute Gasteiger partial charge is 0.465 e. The Balaban J connectivity index is 1.79. The second kappa shape index (κ2) is 6.57. The minimum Gasteiger partial charge on any atom is -0.465 e. The predicted octanol–water partition coefficient (Wildman–Crippen LogP) is 2.49. The molecule has 0 atom stereocenters. The number of nitrogens with one attached hydrogen (secondary N) is 1. The molecular weight excluding hydrogens is 242 g/mol. The van der Waals surface area contributed by atoms with Crippen molar-refractivity contribution in [2.75, 3.05) is 6.54 Å². The molecule has 0 unspecified atom stereocenters. The van der Waals surface area contributed by atoms with Crippen LogP contribution in [0.15, 0.2) is 28.9 Å². The maximum atomic E-state index is 11.7. The third-order valence-corrected chi connectivity index (χ3v) is 3.57. The van der Waals surface area contributed by atoms with E-state index in [-0.39, 0.29) is 5.91 Å². The fourth-order valence-corrected chi connectivity index (χ4v) is 2.42. The Kier molecular flexibility index (Phi) is 4.80. The van der Waals surface area contributed by atoms with Gasteiger partial charge in [-0.1, -0.05) is 25.7 Å². The Hall–Kier alpha value is -1.55. The average Bonchev–Trinajstić information content (AvgIpc) is 2.83. The molecule has 104 valence electrons. The minimum absolute atomic E-state index is 0.200. The van der Waals surface area contributed by atoms with Gasteiger partial charge in [0.25, 0.3) is 0 Å². The van der Waals surface area contributed by atoms with Gasteiger partial charge in [0, 0.05) is 12.6 Å². The molecule has 1 aliphatic carbocycles. The van der Waals surface area contributed by atoms with E-state index < -0.39 is 5.60 Å². The molecule has 1 fully saturated rings. The fraction of sp³-hybridized carbons (Fsp3) is 0.533. The van der Waals surface area contributed by atoms with E-state index in [0.29, 0.717) is 12.3 Å². The molecule has 1 heterocycles. The second-order valence-corrected chi connectivity index (χ2v) is 5.21. The zero-order chi connectivity index (χ0) is 13.6. The molecular formula is C15H21NO3. The van der Waals surface area contributed by atoms with Crippen molar-refractivity contribution in [3.05, 3.63) is 30.2 Å². The van der Waals surface area contributed by atoms with Gasteiger partial charge in [0.2, 0.25) is 5.91 Å². The van der Waals surface area contributed by atoms with Crippen LogP contribution in [0.5, 0.6) is 0 Å². The molecule has 0 spiro atoms. The first kappa shape index (κ1) is 13.9. The Bertz CT molecular complexity index is 415. The Morgan fingerprint density at radius 3 is 2.74 bits per heavy atom. The van der Waals surface area contributed by atoms with Gasteiger partial charge in [-0.3, -0.25) is 4.79 Å². The summed E-state index contributed by atoms with van der Waals surface area (Å²) in [6, 6.07) is 3.55. The van der Waals surface area contributed by atoms with Crippen molar-refractivity contribution in [2.45, 2.75) is 44.1 Å². The van der Waals surface area contributed by atoms with Gasteiger partial charge in [0.1, 0.15) is 5.76 Å². The third-order valence-electron chi connectivity index (χ3n) is 3.57. The van der Waals surface area contributed by atoms with Crippen molar-refractivity contribution in [1.29, 1.82) is 0 Å². The number of amides is 1. The Morgan fingerprint density at radius 1 is 1.37 bits per heavy atom. The lowest BCUT2D eigenvalue weighted by Crippen LogP contribution is -2.42. The summed E-state index contributed by atoms with van der Waals surface area (Å²) >= 11 is 0. The lowest BCUT2D eigenvalue weighted by Gasteiger charge is -2.26. The van der Waals surface area contributed by atoms with Crippen molar-refractivity contribution in [3.8, 4) is 0 Å². The van der Waals surface area contributed by atoms with E-state index in [1.54, 1.807) is 24.5 Å². The molecule has 1 aromatic rings. The molecule has 1 amide bonds. The highest BCUT2D eigenvalue weighted by atomic mass is 16.3. The summed E-state index contributed by atoms with van der Waals surface area (Å²) in [7, 11) is 0. The number of hydrogen-bond acceptors (Lipinski definition) is 3. The first-order valence-corrected chi connectivity index (χ1v) is 6.90. The molecule has 0 radical (unpaired) electrons. The number of furan rings is 1. The predicted molar refractivity (Wildman–Crippen MR) is 73.4 cm³/mol. The highest BCUT2D eigenvalue weighted by molar-refractivity contribution is 5.91. The van der Waals surface area contributed by atoms with Gasteiger partial charge in [-0.2, -0.15) is 0 Å². The van der Waals surface area contributed by atoms with Gasteiger partial charge in [-0.15, -0.1) is 0 Å².